The van der Waals surface area contributed by atoms with Gasteiger partial charge in [0.2, 0.25) is 29.5 Å². The summed E-state index contributed by atoms with van der Waals surface area (Å²) in [7, 11) is 0. The van der Waals surface area contributed by atoms with E-state index < -0.39 is 54.2 Å². The molecule has 0 bridgehead atoms. The third-order valence-corrected chi connectivity index (χ3v) is 7.60. The van der Waals surface area contributed by atoms with Crippen LogP contribution < -0.4 is 38.5 Å². The molecular weight excluding hydrogens is 578 g/mol. The van der Waals surface area contributed by atoms with E-state index in [1.807, 2.05) is 42.5 Å². The number of unbranched alkanes of at least 4 members (excludes halogenated alkanes) is 2. The van der Waals surface area contributed by atoms with Crippen LogP contribution in [0.15, 0.2) is 47.5 Å². The van der Waals surface area contributed by atoms with Crippen LogP contribution in [-0.4, -0.2) is 91.2 Å². The van der Waals surface area contributed by atoms with E-state index in [4.69, 9.17) is 17.2 Å². The first-order valence-corrected chi connectivity index (χ1v) is 15.3. The monoisotopic (exact) mass is 623 g/mol. The van der Waals surface area contributed by atoms with Crippen molar-refractivity contribution in [1.29, 1.82) is 0 Å². The van der Waals surface area contributed by atoms with Gasteiger partial charge in [-0.3, -0.25) is 29.0 Å². The first-order valence-electron chi connectivity index (χ1n) is 15.3. The number of hydrogen-bond donors (Lipinski definition) is 7. The van der Waals surface area contributed by atoms with Gasteiger partial charge in [0.15, 0.2) is 5.96 Å². The topological polar surface area (TPSA) is 227 Å². The summed E-state index contributed by atoms with van der Waals surface area (Å²) in [6.07, 6.45) is 2.76. The number of benzene rings is 2. The molecule has 1 aliphatic rings. The Labute approximate surface area is 262 Å². The van der Waals surface area contributed by atoms with Crippen LogP contribution in [0.5, 0.6) is 0 Å². The van der Waals surface area contributed by atoms with Gasteiger partial charge in [0, 0.05) is 19.5 Å². The van der Waals surface area contributed by atoms with Crippen molar-refractivity contribution in [3.63, 3.8) is 0 Å². The summed E-state index contributed by atoms with van der Waals surface area (Å²) in [5.74, 6) is -2.89. The minimum atomic E-state index is -1.06. The largest absolute Gasteiger partial charge is 0.370 e. The quantitative estimate of drug-likeness (QED) is 0.0930. The van der Waals surface area contributed by atoms with Gasteiger partial charge in [0.25, 0.3) is 0 Å². The maximum Gasteiger partial charge on any atom is 0.243 e. The minimum Gasteiger partial charge on any atom is -0.370 e. The molecule has 1 fully saturated rings. The van der Waals surface area contributed by atoms with E-state index in [1.54, 1.807) is 6.92 Å². The molecule has 45 heavy (non-hydrogen) atoms. The summed E-state index contributed by atoms with van der Waals surface area (Å²) < 4.78 is 0. The highest BCUT2D eigenvalue weighted by Gasteiger charge is 2.32. The lowest BCUT2D eigenvalue weighted by Crippen LogP contribution is -2.57. The SMILES string of the molecule is C[C@@H]1C(=O)NC(CCCN=C(N)N)C(=O)NC(Cc2ccc3ccccc3c2)C(=O)NCC(=O)NCC(=O)N1CCCCCN. The Balaban J connectivity index is 1.89. The van der Waals surface area contributed by atoms with Crippen molar-refractivity contribution in [2.75, 3.05) is 32.7 Å². The molecule has 5 amide bonds. The molecule has 0 radical (unpaired) electrons. The standard InChI is InChI=1S/C31H45N9O5/c1-20-28(43)38-24(10-7-14-35-31(33)34)30(45)39-25(17-21-11-12-22-8-3-4-9-23(22)16-21)29(44)37-18-26(41)36-19-27(42)40(20)15-6-2-5-13-32/h3-4,8-9,11-12,16,20,24-25H,2,5-7,10,13-15,17-19,32H2,1H3,(H,36,41)(H,37,44)(H,38,43)(H,39,45)(H4,33,34,35)/t20-,24?,25?/m1/s1. The van der Waals surface area contributed by atoms with Gasteiger partial charge in [0.05, 0.1) is 13.1 Å². The highest BCUT2D eigenvalue weighted by molar-refractivity contribution is 5.96. The number of carbonyl (C=O) groups is 5. The molecule has 0 aliphatic carbocycles. The van der Waals surface area contributed by atoms with Gasteiger partial charge in [-0.2, -0.15) is 0 Å². The van der Waals surface area contributed by atoms with Crippen molar-refractivity contribution >= 4 is 46.3 Å². The fraction of sp³-hybridized carbons (Fsp3) is 0.484. The van der Waals surface area contributed by atoms with Gasteiger partial charge in [0.1, 0.15) is 18.1 Å². The highest BCUT2D eigenvalue weighted by atomic mass is 16.2. The van der Waals surface area contributed by atoms with Gasteiger partial charge in [-0.25, -0.2) is 0 Å². The molecule has 244 valence electrons. The Morgan fingerprint density at radius 3 is 2.31 bits per heavy atom. The average molecular weight is 624 g/mol. The van der Waals surface area contributed by atoms with Gasteiger partial charge < -0.3 is 43.4 Å². The van der Waals surface area contributed by atoms with Crippen molar-refractivity contribution in [3.8, 4) is 0 Å². The number of nitrogens with one attached hydrogen (secondary N) is 4. The number of carbonyl (C=O) groups excluding carboxylic acids is 5. The molecule has 10 N–H and O–H groups in total. The van der Waals surface area contributed by atoms with Gasteiger partial charge >= 0.3 is 0 Å². The molecule has 3 rings (SSSR count). The molecule has 0 aromatic heterocycles. The maximum atomic E-state index is 13.7. The molecule has 0 saturated carbocycles. The zero-order valence-corrected chi connectivity index (χ0v) is 25.7. The van der Waals surface area contributed by atoms with Crippen molar-refractivity contribution in [2.45, 2.75) is 63.6 Å². The van der Waals surface area contributed by atoms with E-state index >= 15 is 0 Å². The van der Waals surface area contributed by atoms with Gasteiger partial charge in [-0.05, 0) is 55.5 Å². The van der Waals surface area contributed by atoms with Crippen LogP contribution in [-0.2, 0) is 30.4 Å². The van der Waals surface area contributed by atoms with E-state index in [1.165, 1.54) is 4.90 Å². The summed E-state index contributed by atoms with van der Waals surface area (Å²) in [6.45, 7) is 1.79. The number of hydrogen-bond acceptors (Lipinski definition) is 7. The maximum absolute atomic E-state index is 13.7. The summed E-state index contributed by atoms with van der Waals surface area (Å²) >= 11 is 0. The van der Waals surface area contributed by atoms with E-state index in [9.17, 15) is 24.0 Å². The van der Waals surface area contributed by atoms with E-state index in [2.05, 4.69) is 26.3 Å². The first kappa shape index (κ1) is 34.8. The number of nitrogens with zero attached hydrogens (tertiary/aromatic N) is 2. The Hall–Kier alpha value is -4.72. The number of guanidine groups is 1. The summed E-state index contributed by atoms with van der Waals surface area (Å²) in [4.78, 5) is 71.6. The highest BCUT2D eigenvalue weighted by Crippen LogP contribution is 2.17. The molecule has 0 spiro atoms. The minimum absolute atomic E-state index is 0.0988. The zero-order chi connectivity index (χ0) is 32.8. The molecule has 2 aromatic carbocycles. The Morgan fingerprint density at radius 1 is 0.844 bits per heavy atom. The van der Waals surface area contributed by atoms with E-state index in [0.29, 0.717) is 19.4 Å². The normalized spacial score (nSPS) is 20.4. The predicted molar refractivity (Wildman–Crippen MR) is 172 cm³/mol. The molecule has 1 heterocycles. The third-order valence-electron chi connectivity index (χ3n) is 7.60. The Kier molecular flexibility index (Phi) is 13.6. The lowest BCUT2D eigenvalue weighted by atomic mass is 10.0. The summed E-state index contributed by atoms with van der Waals surface area (Å²) in [6, 6.07) is 10.4. The van der Waals surface area contributed by atoms with Crippen molar-refractivity contribution < 1.29 is 24.0 Å². The number of fused-ring (bicyclic) bond motifs is 1. The Morgan fingerprint density at radius 2 is 1.58 bits per heavy atom. The van der Waals surface area contributed by atoms with Crippen molar-refractivity contribution in [2.24, 2.45) is 22.2 Å². The molecule has 2 unspecified atom stereocenters. The van der Waals surface area contributed by atoms with Gasteiger partial charge in [-0.1, -0.05) is 48.9 Å². The van der Waals surface area contributed by atoms with Gasteiger partial charge in [-0.15, -0.1) is 0 Å². The molecule has 2 aromatic rings. The predicted octanol–water partition coefficient (Wildman–Crippen LogP) is -1.00. The van der Waals surface area contributed by atoms with Crippen LogP contribution in [0.2, 0.25) is 0 Å². The lowest BCUT2D eigenvalue weighted by Gasteiger charge is -2.30. The van der Waals surface area contributed by atoms with Crippen LogP contribution in [0, 0.1) is 0 Å². The van der Waals surface area contributed by atoms with E-state index in [-0.39, 0.29) is 38.4 Å². The molecule has 3 atom stereocenters. The average Bonchev–Trinajstić information content (AvgIpc) is 3.02. The fourth-order valence-corrected chi connectivity index (χ4v) is 5.06. The van der Waals surface area contributed by atoms with Crippen LogP contribution in [0.4, 0.5) is 0 Å². The molecule has 1 saturated heterocycles. The second-order valence-electron chi connectivity index (χ2n) is 11.1. The van der Waals surface area contributed by atoms with Crippen LogP contribution in [0.1, 0.15) is 44.6 Å². The number of amides is 5. The first-order chi connectivity index (χ1) is 21.6. The number of aliphatic imine (C=N–C) groups is 1. The van der Waals surface area contributed by atoms with Crippen molar-refractivity contribution in [1.82, 2.24) is 26.2 Å². The third kappa shape index (κ3) is 11.1. The molecule has 1 aliphatic heterocycles. The second kappa shape index (κ2) is 17.5. The summed E-state index contributed by atoms with van der Waals surface area (Å²) in [5.41, 5.74) is 17.2. The molecular formula is C31H45N9O5. The van der Waals surface area contributed by atoms with Crippen LogP contribution in [0.25, 0.3) is 10.8 Å². The Bertz CT molecular complexity index is 1380. The van der Waals surface area contributed by atoms with Crippen LogP contribution >= 0.6 is 0 Å². The number of nitrogens with two attached hydrogens (primary N) is 3. The smallest absolute Gasteiger partial charge is 0.243 e. The van der Waals surface area contributed by atoms with E-state index in [0.717, 1.165) is 29.2 Å². The fourth-order valence-electron chi connectivity index (χ4n) is 5.06. The molecule has 14 heteroatoms. The second-order valence-corrected chi connectivity index (χ2v) is 11.1. The zero-order valence-electron chi connectivity index (χ0n) is 25.7. The number of rotatable bonds is 11. The molecule has 14 nitrogen and oxygen atoms in total. The lowest BCUT2D eigenvalue weighted by molar-refractivity contribution is -0.141. The van der Waals surface area contributed by atoms with Crippen molar-refractivity contribution in [3.05, 3.63) is 48.0 Å². The summed E-state index contributed by atoms with van der Waals surface area (Å²) in [5, 5.41) is 12.6. The van der Waals surface area contributed by atoms with Crippen LogP contribution in [0.3, 0.4) is 0 Å².